The predicted molar refractivity (Wildman–Crippen MR) is 86.3 cm³/mol. The zero-order valence-electron chi connectivity index (χ0n) is 12.5. The number of amides is 1. The van der Waals surface area contributed by atoms with Crippen molar-refractivity contribution < 1.29 is 14.3 Å². The molecule has 0 bridgehead atoms. The molecule has 0 spiro atoms. The molecule has 0 N–H and O–H groups in total. The molecule has 0 unspecified atom stereocenters. The van der Waals surface area contributed by atoms with Crippen molar-refractivity contribution in [3.8, 4) is 11.8 Å². The van der Waals surface area contributed by atoms with Crippen LogP contribution in [0.4, 0.5) is 5.69 Å². The van der Waals surface area contributed by atoms with Crippen LogP contribution < -0.4 is 9.64 Å². The van der Waals surface area contributed by atoms with Gasteiger partial charge in [0.1, 0.15) is 12.0 Å². The smallest absolute Gasteiger partial charge is 0.264 e. The molecule has 5 heteroatoms. The van der Waals surface area contributed by atoms with Gasteiger partial charge in [0.25, 0.3) is 5.91 Å². The molecule has 0 saturated heterocycles. The summed E-state index contributed by atoms with van der Waals surface area (Å²) in [4.78, 5) is 24.5. The highest BCUT2D eigenvalue weighted by Crippen LogP contribution is 2.15. The zero-order valence-corrected chi connectivity index (χ0v) is 12.5. The van der Waals surface area contributed by atoms with Crippen molar-refractivity contribution in [2.45, 2.75) is 6.42 Å². The van der Waals surface area contributed by atoms with Crippen LogP contribution in [0.2, 0.25) is 0 Å². The van der Waals surface area contributed by atoms with Crippen molar-refractivity contribution in [3.05, 3.63) is 60.2 Å². The molecule has 23 heavy (non-hydrogen) atoms. The number of carbonyl (C=O) groups excluding carboxylic acids is 2. The van der Waals surface area contributed by atoms with Gasteiger partial charge < -0.3 is 9.64 Å². The van der Waals surface area contributed by atoms with Crippen LogP contribution in [0.5, 0.6) is 5.75 Å². The van der Waals surface area contributed by atoms with E-state index in [1.54, 1.807) is 24.3 Å². The normalized spacial score (nSPS) is 9.70. The Morgan fingerprint density at radius 3 is 2.43 bits per heavy atom. The average molecular weight is 308 g/mol. The van der Waals surface area contributed by atoms with Crippen LogP contribution in [0, 0.1) is 11.3 Å². The fourth-order valence-electron chi connectivity index (χ4n) is 2.03. The van der Waals surface area contributed by atoms with Crippen LogP contribution >= 0.6 is 0 Å². The lowest BCUT2D eigenvalue weighted by Crippen LogP contribution is -2.35. The molecule has 0 aromatic heterocycles. The molecule has 1 amide bonds. The Bertz CT molecular complexity index is 690. The first-order valence-electron chi connectivity index (χ1n) is 7.15. The minimum Gasteiger partial charge on any atom is -0.484 e. The van der Waals surface area contributed by atoms with Crippen LogP contribution in [-0.4, -0.2) is 25.3 Å². The molecule has 0 aliphatic heterocycles. The Morgan fingerprint density at radius 1 is 1.13 bits per heavy atom. The van der Waals surface area contributed by atoms with Gasteiger partial charge in [-0.15, -0.1) is 0 Å². The molecule has 0 heterocycles. The van der Waals surface area contributed by atoms with E-state index in [-0.39, 0.29) is 18.9 Å². The third-order valence-electron chi connectivity index (χ3n) is 3.19. The van der Waals surface area contributed by atoms with Crippen LogP contribution in [0.25, 0.3) is 0 Å². The number of carbonyl (C=O) groups is 2. The van der Waals surface area contributed by atoms with E-state index in [4.69, 9.17) is 10.00 Å². The summed E-state index contributed by atoms with van der Waals surface area (Å²) in [6, 6.07) is 17.7. The average Bonchev–Trinajstić information content (AvgIpc) is 2.61. The lowest BCUT2D eigenvalue weighted by Gasteiger charge is -2.21. The topological polar surface area (TPSA) is 70.4 Å². The van der Waals surface area contributed by atoms with Crippen LogP contribution in [0.15, 0.2) is 54.6 Å². The Labute approximate surface area is 134 Å². The number of aldehydes is 1. The summed E-state index contributed by atoms with van der Waals surface area (Å²) in [6.07, 6.45) is 0.989. The van der Waals surface area contributed by atoms with Gasteiger partial charge in [-0.3, -0.25) is 9.59 Å². The second-order valence-electron chi connectivity index (χ2n) is 4.76. The summed E-state index contributed by atoms with van der Waals surface area (Å²) < 4.78 is 5.46. The Kier molecular flexibility index (Phi) is 5.89. The van der Waals surface area contributed by atoms with E-state index >= 15 is 0 Å². The first-order chi connectivity index (χ1) is 11.2. The molecule has 0 radical (unpaired) electrons. The second kappa shape index (κ2) is 8.35. The minimum atomic E-state index is -0.231. The highest BCUT2D eigenvalue weighted by atomic mass is 16.5. The van der Waals surface area contributed by atoms with Crippen molar-refractivity contribution in [2.75, 3.05) is 18.1 Å². The van der Waals surface area contributed by atoms with E-state index in [9.17, 15) is 9.59 Å². The fourth-order valence-corrected chi connectivity index (χ4v) is 2.03. The standard InChI is InChI=1S/C18H16N2O3/c19-11-4-12-20(16-5-2-1-3-6-16)18(22)14-23-17-9-7-15(13-21)8-10-17/h1-3,5-10,13H,4,12,14H2. The van der Waals surface area contributed by atoms with Gasteiger partial charge in [0, 0.05) is 17.8 Å². The van der Waals surface area contributed by atoms with Crippen molar-refractivity contribution in [3.63, 3.8) is 0 Å². The summed E-state index contributed by atoms with van der Waals surface area (Å²) in [5, 5.41) is 8.75. The molecule has 2 aromatic carbocycles. The molecular formula is C18H16N2O3. The van der Waals surface area contributed by atoms with Crippen LogP contribution in [-0.2, 0) is 4.79 Å². The number of hydrogen-bond acceptors (Lipinski definition) is 4. The maximum absolute atomic E-state index is 12.4. The van der Waals surface area contributed by atoms with Gasteiger partial charge >= 0.3 is 0 Å². The number of rotatable bonds is 7. The van der Waals surface area contributed by atoms with Crippen molar-refractivity contribution in [2.24, 2.45) is 0 Å². The van der Waals surface area contributed by atoms with Gasteiger partial charge in [-0.25, -0.2) is 0 Å². The highest BCUT2D eigenvalue weighted by Gasteiger charge is 2.15. The van der Waals surface area contributed by atoms with Crippen LogP contribution in [0.1, 0.15) is 16.8 Å². The van der Waals surface area contributed by atoms with Crippen molar-refractivity contribution in [1.82, 2.24) is 0 Å². The Morgan fingerprint density at radius 2 is 1.83 bits per heavy atom. The first kappa shape index (κ1) is 16.2. The van der Waals surface area contributed by atoms with E-state index in [0.717, 1.165) is 12.0 Å². The maximum atomic E-state index is 12.4. The van der Waals surface area contributed by atoms with E-state index in [1.165, 1.54) is 4.90 Å². The largest absolute Gasteiger partial charge is 0.484 e. The van der Waals surface area contributed by atoms with Gasteiger partial charge in [-0.2, -0.15) is 5.26 Å². The Balaban J connectivity index is 2.02. The third kappa shape index (κ3) is 4.68. The first-order valence-corrected chi connectivity index (χ1v) is 7.15. The molecule has 5 nitrogen and oxygen atoms in total. The molecule has 0 aliphatic carbocycles. The zero-order chi connectivity index (χ0) is 16.5. The van der Waals surface area contributed by atoms with Crippen LogP contribution in [0.3, 0.4) is 0 Å². The van der Waals surface area contributed by atoms with Gasteiger partial charge in [-0.05, 0) is 36.4 Å². The molecule has 116 valence electrons. The van der Waals surface area contributed by atoms with Gasteiger partial charge in [0.2, 0.25) is 0 Å². The fraction of sp³-hybridized carbons (Fsp3) is 0.167. The maximum Gasteiger partial charge on any atom is 0.264 e. The summed E-state index contributed by atoms with van der Waals surface area (Å²) in [7, 11) is 0. The molecule has 0 fully saturated rings. The summed E-state index contributed by atoms with van der Waals surface area (Å²) >= 11 is 0. The quantitative estimate of drug-likeness (QED) is 0.737. The highest BCUT2D eigenvalue weighted by molar-refractivity contribution is 5.94. The number of para-hydroxylation sites is 1. The number of hydrogen-bond donors (Lipinski definition) is 0. The van der Waals surface area contributed by atoms with Crippen molar-refractivity contribution in [1.29, 1.82) is 5.26 Å². The second-order valence-corrected chi connectivity index (χ2v) is 4.76. The van der Waals surface area contributed by atoms with Gasteiger partial charge in [0.15, 0.2) is 6.61 Å². The predicted octanol–water partition coefficient (Wildman–Crippen LogP) is 2.82. The van der Waals surface area contributed by atoms with E-state index in [0.29, 0.717) is 17.9 Å². The molecular weight excluding hydrogens is 292 g/mol. The van der Waals surface area contributed by atoms with Crippen molar-refractivity contribution >= 4 is 17.9 Å². The lowest BCUT2D eigenvalue weighted by molar-refractivity contribution is -0.120. The molecule has 2 rings (SSSR count). The molecule has 0 aliphatic rings. The monoisotopic (exact) mass is 308 g/mol. The summed E-state index contributed by atoms with van der Waals surface area (Å²) in [6.45, 7) is 0.174. The van der Waals surface area contributed by atoms with E-state index < -0.39 is 0 Å². The van der Waals surface area contributed by atoms with E-state index in [1.807, 2.05) is 36.4 Å². The third-order valence-corrected chi connectivity index (χ3v) is 3.19. The number of nitrogens with zero attached hydrogens (tertiary/aromatic N) is 2. The number of anilines is 1. The molecule has 2 aromatic rings. The molecule has 0 atom stereocenters. The number of benzene rings is 2. The number of nitriles is 1. The lowest BCUT2D eigenvalue weighted by atomic mass is 10.2. The summed E-state index contributed by atoms with van der Waals surface area (Å²) in [5.74, 6) is 0.281. The Hall–Kier alpha value is -3.13. The number of ether oxygens (including phenoxy) is 1. The van der Waals surface area contributed by atoms with E-state index in [2.05, 4.69) is 0 Å². The summed E-state index contributed by atoms with van der Waals surface area (Å²) in [5.41, 5.74) is 1.27. The van der Waals surface area contributed by atoms with Gasteiger partial charge in [0.05, 0.1) is 12.5 Å². The SMILES string of the molecule is N#CCCN(C(=O)COc1ccc(C=O)cc1)c1ccccc1. The minimum absolute atomic E-state index is 0.138. The van der Waals surface area contributed by atoms with Gasteiger partial charge in [-0.1, -0.05) is 18.2 Å². The molecule has 0 saturated carbocycles.